The van der Waals surface area contributed by atoms with E-state index >= 15 is 0 Å². The van der Waals surface area contributed by atoms with Crippen LogP contribution in [0.2, 0.25) is 0 Å². The Labute approximate surface area is 114 Å². The molecule has 1 saturated heterocycles. The third-order valence-electron chi connectivity index (χ3n) is 3.79. The first-order valence-electron chi connectivity index (χ1n) is 8.11. The second-order valence-electron chi connectivity index (χ2n) is 6.12. The molecule has 0 spiro atoms. The van der Waals surface area contributed by atoms with Crippen molar-refractivity contribution in [3.05, 3.63) is 0 Å². The summed E-state index contributed by atoms with van der Waals surface area (Å²) in [6.07, 6.45) is 12.6. The molecule has 1 atom stereocenters. The summed E-state index contributed by atoms with van der Waals surface area (Å²) < 4.78 is 5.62. The smallest absolute Gasteiger partial charge is 0.0576 e. The van der Waals surface area contributed by atoms with Crippen LogP contribution in [0, 0.1) is 5.92 Å². The minimum Gasteiger partial charge on any atom is -0.378 e. The molecule has 2 nitrogen and oxygen atoms in total. The second-order valence-corrected chi connectivity index (χ2v) is 6.12. The van der Waals surface area contributed by atoms with Gasteiger partial charge in [-0.1, -0.05) is 39.5 Å². The summed E-state index contributed by atoms with van der Waals surface area (Å²) in [7, 11) is 0. The monoisotopic (exact) mass is 255 g/mol. The van der Waals surface area contributed by atoms with E-state index in [-0.39, 0.29) is 0 Å². The standard InChI is InChI=1S/C16H33NO/c1-15(2)9-5-3-4-6-12-17-13-7-10-16-11-8-14-18-16/h15-17H,3-14H2,1-2H3. The van der Waals surface area contributed by atoms with Crippen LogP contribution in [0.15, 0.2) is 0 Å². The van der Waals surface area contributed by atoms with Gasteiger partial charge < -0.3 is 10.1 Å². The van der Waals surface area contributed by atoms with Crippen LogP contribution < -0.4 is 5.32 Å². The Morgan fingerprint density at radius 1 is 1.06 bits per heavy atom. The lowest BCUT2D eigenvalue weighted by atomic mass is 10.0. The Kier molecular flexibility index (Phi) is 9.59. The average molecular weight is 255 g/mol. The molecule has 1 aliphatic heterocycles. The van der Waals surface area contributed by atoms with Crippen molar-refractivity contribution in [2.75, 3.05) is 19.7 Å². The minimum absolute atomic E-state index is 0.572. The summed E-state index contributed by atoms with van der Waals surface area (Å²) in [6, 6.07) is 0. The Morgan fingerprint density at radius 3 is 2.56 bits per heavy atom. The molecule has 1 rings (SSSR count). The van der Waals surface area contributed by atoms with E-state index < -0.39 is 0 Å². The predicted octanol–water partition coefficient (Wildman–Crippen LogP) is 4.14. The number of rotatable bonds is 11. The predicted molar refractivity (Wildman–Crippen MR) is 79.0 cm³/mol. The van der Waals surface area contributed by atoms with Crippen LogP contribution in [-0.2, 0) is 4.74 Å². The van der Waals surface area contributed by atoms with Gasteiger partial charge in [0.15, 0.2) is 0 Å². The van der Waals surface area contributed by atoms with Crippen LogP contribution in [0.5, 0.6) is 0 Å². The van der Waals surface area contributed by atoms with Gasteiger partial charge in [-0.2, -0.15) is 0 Å². The normalized spacial score (nSPS) is 19.8. The largest absolute Gasteiger partial charge is 0.378 e. The molecular formula is C16H33NO. The fraction of sp³-hybridized carbons (Fsp3) is 1.00. The van der Waals surface area contributed by atoms with Gasteiger partial charge in [-0.15, -0.1) is 0 Å². The molecule has 1 fully saturated rings. The third kappa shape index (κ3) is 8.93. The van der Waals surface area contributed by atoms with Crippen LogP contribution in [-0.4, -0.2) is 25.8 Å². The highest BCUT2D eigenvalue weighted by molar-refractivity contribution is 4.65. The minimum atomic E-state index is 0.572. The van der Waals surface area contributed by atoms with Crippen LogP contribution in [0.4, 0.5) is 0 Å². The maximum absolute atomic E-state index is 5.62. The number of hydrogen-bond acceptors (Lipinski definition) is 2. The summed E-state index contributed by atoms with van der Waals surface area (Å²) in [4.78, 5) is 0. The first-order valence-corrected chi connectivity index (χ1v) is 8.11. The van der Waals surface area contributed by atoms with Gasteiger partial charge >= 0.3 is 0 Å². The third-order valence-corrected chi connectivity index (χ3v) is 3.79. The van der Waals surface area contributed by atoms with E-state index in [0.29, 0.717) is 6.10 Å². The van der Waals surface area contributed by atoms with Gasteiger partial charge in [0, 0.05) is 6.61 Å². The molecule has 0 radical (unpaired) electrons. The molecule has 1 heterocycles. The Morgan fingerprint density at radius 2 is 1.83 bits per heavy atom. The molecule has 0 aliphatic carbocycles. The lowest BCUT2D eigenvalue weighted by molar-refractivity contribution is 0.102. The quantitative estimate of drug-likeness (QED) is 0.560. The maximum atomic E-state index is 5.62. The SMILES string of the molecule is CC(C)CCCCCCNCCCC1CCCO1. The highest BCUT2D eigenvalue weighted by Crippen LogP contribution is 2.16. The van der Waals surface area contributed by atoms with Gasteiger partial charge in [-0.3, -0.25) is 0 Å². The molecule has 1 unspecified atom stereocenters. The summed E-state index contributed by atoms with van der Waals surface area (Å²) >= 11 is 0. The van der Waals surface area contributed by atoms with Crippen molar-refractivity contribution in [3.8, 4) is 0 Å². The summed E-state index contributed by atoms with van der Waals surface area (Å²) in [5, 5.41) is 3.55. The zero-order chi connectivity index (χ0) is 13.1. The van der Waals surface area contributed by atoms with E-state index in [2.05, 4.69) is 19.2 Å². The highest BCUT2D eigenvalue weighted by Gasteiger charge is 2.14. The molecule has 1 N–H and O–H groups in total. The Bertz CT molecular complexity index is 176. The van der Waals surface area contributed by atoms with Gasteiger partial charge in [0.05, 0.1) is 6.10 Å². The summed E-state index contributed by atoms with van der Waals surface area (Å²) in [6.45, 7) is 8.00. The summed E-state index contributed by atoms with van der Waals surface area (Å²) in [5.74, 6) is 0.876. The van der Waals surface area contributed by atoms with Crippen LogP contribution >= 0.6 is 0 Å². The zero-order valence-electron chi connectivity index (χ0n) is 12.5. The van der Waals surface area contributed by atoms with E-state index in [1.54, 1.807) is 0 Å². The molecule has 0 aromatic heterocycles. The molecule has 0 amide bonds. The Balaban J connectivity index is 1.70. The van der Waals surface area contributed by atoms with E-state index in [9.17, 15) is 0 Å². The highest BCUT2D eigenvalue weighted by atomic mass is 16.5. The Hall–Kier alpha value is -0.0800. The van der Waals surface area contributed by atoms with Crippen molar-refractivity contribution in [2.24, 2.45) is 5.92 Å². The van der Waals surface area contributed by atoms with Crippen LogP contribution in [0.1, 0.15) is 71.6 Å². The van der Waals surface area contributed by atoms with Gasteiger partial charge in [0.1, 0.15) is 0 Å². The van der Waals surface area contributed by atoms with E-state index in [4.69, 9.17) is 4.74 Å². The van der Waals surface area contributed by atoms with E-state index in [1.165, 1.54) is 70.9 Å². The van der Waals surface area contributed by atoms with E-state index in [0.717, 1.165) is 12.5 Å². The molecule has 0 aromatic rings. The van der Waals surface area contributed by atoms with Gasteiger partial charge in [-0.25, -0.2) is 0 Å². The summed E-state index contributed by atoms with van der Waals surface area (Å²) in [5.41, 5.74) is 0. The van der Waals surface area contributed by atoms with Crippen molar-refractivity contribution in [1.82, 2.24) is 5.32 Å². The van der Waals surface area contributed by atoms with E-state index in [1.807, 2.05) is 0 Å². The van der Waals surface area contributed by atoms with Crippen molar-refractivity contribution in [2.45, 2.75) is 77.7 Å². The first-order chi connectivity index (χ1) is 8.79. The number of ether oxygens (including phenoxy) is 1. The maximum Gasteiger partial charge on any atom is 0.0576 e. The lowest BCUT2D eigenvalue weighted by Crippen LogP contribution is -2.18. The topological polar surface area (TPSA) is 21.3 Å². The number of unbranched alkanes of at least 4 members (excludes halogenated alkanes) is 3. The molecular weight excluding hydrogens is 222 g/mol. The van der Waals surface area contributed by atoms with Gasteiger partial charge in [0.25, 0.3) is 0 Å². The molecule has 18 heavy (non-hydrogen) atoms. The van der Waals surface area contributed by atoms with Crippen molar-refractivity contribution in [1.29, 1.82) is 0 Å². The zero-order valence-corrected chi connectivity index (χ0v) is 12.5. The van der Waals surface area contributed by atoms with Crippen LogP contribution in [0.3, 0.4) is 0 Å². The number of hydrogen-bond donors (Lipinski definition) is 1. The van der Waals surface area contributed by atoms with Crippen molar-refractivity contribution in [3.63, 3.8) is 0 Å². The molecule has 0 saturated carbocycles. The molecule has 2 heteroatoms. The molecule has 1 aliphatic rings. The van der Waals surface area contributed by atoms with Gasteiger partial charge in [-0.05, 0) is 51.1 Å². The fourth-order valence-corrected chi connectivity index (χ4v) is 2.61. The van der Waals surface area contributed by atoms with Crippen molar-refractivity contribution >= 4 is 0 Å². The van der Waals surface area contributed by atoms with Crippen LogP contribution in [0.25, 0.3) is 0 Å². The average Bonchev–Trinajstić information content (AvgIpc) is 2.84. The first kappa shape index (κ1) is 16.0. The van der Waals surface area contributed by atoms with Crippen molar-refractivity contribution < 1.29 is 4.74 Å². The molecule has 0 aromatic carbocycles. The number of nitrogens with one attached hydrogen (secondary N) is 1. The molecule has 0 bridgehead atoms. The van der Waals surface area contributed by atoms with Gasteiger partial charge in [0.2, 0.25) is 0 Å². The second kappa shape index (κ2) is 10.8. The molecule has 108 valence electrons. The fourth-order valence-electron chi connectivity index (χ4n) is 2.61. The lowest BCUT2D eigenvalue weighted by Gasteiger charge is -2.09.